The Hall–Kier alpha value is -6.33. The Labute approximate surface area is 445 Å². The zero-order valence-corrected chi connectivity index (χ0v) is 44.3. The summed E-state index contributed by atoms with van der Waals surface area (Å²) in [5.41, 5.74) is 11.0. The lowest BCUT2D eigenvalue weighted by molar-refractivity contribution is 0.173. The number of benzene rings is 6. The number of para-hydroxylation sites is 2. The molecule has 0 saturated carbocycles. The van der Waals surface area contributed by atoms with E-state index in [0.717, 1.165) is 103 Å². The molecule has 0 aromatic heterocycles. The average molecular weight is 1070 g/mol. The summed E-state index contributed by atoms with van der Waals surface area (Å²) in [5.74, 6) is 4.30. The van der Waals surface area contributed by atoms with Gasteiger partial charge in [-0.15, -0.1) is 37.2 Å². The molecule has 1 atom stereocenters. The van der Waals surface area contributed by atoms with Crippen molar-refractivity contribution >= 4 is 37.2 Å². The molecule has 0 saturated heterocycles. The number of nitrogens with zero attached hydrogens (tertiary/aromatic N) is 3. The number of fused-ring (bicyclic) bond motifs is 4. The molecule has 0 radical (unpaired) electrons. The minimum absolute atomic E-state index is 0. The van der Waals surface area contributed by atoms with E-state index in [1.54, 1.807) is 58.8 Å². The van der Waals surface area contributed by atoms with E-state index in [1.807, 2.05) is 24.3 Å². The van der Waals surface area contributed by atoms with Gasteiger partial charge in [-0.3, -0.25) is 14.7 Å². The second kappa shape index (κ2) is 25.6. The Bertz CT molecular complexity index is 2850. The molecule has 0 fully saturated rings. The second-order valence-electron chi connectivity index (χ2n) is 17.9. The van der Waals surface area contributed by atoms with Gasteiger partial charge >= 0.3 is 0 Å². The number of ether oxygens (including phenoxy) is 6. The van der Waals surface area contributed by atoms with Gasteiger partial charge in [-0.2, -0.15) is 0 Å². The van der Waals surface area contributed by atoms with Gasteiger partial charge < -0.3 is 59.1 Å². The molecule has 0 bridgehead atoms. The number of methoxy groups -OCH3 is 4. The third-order valence-corrected chi connectivity index (χ3v) is 13.6. The summed E-state index contributed by atoms with van der Waals surface area (Å²) in [6.07, 6.45) is 3.58. The van der Waals surface area contributed by atoms with E-state index in [0.29, 0.717) is 38.0 Å². The average Bonchev–Trinajstić information content (AvgIpc) is 3.84. The lowest BCUT2D eigenvalue weighted by Gasteiger charge is -2.36. The summed E-state index contributed by atoms with van der Waals surface area (Å²) in [4.78, 5) is 6.73. The molecule has 18 heteroatoms. The van der Waals surface area contributed by atoms with E-state index >= 15 is 0 Å². The molecule has 394 valence electrons. The van der Waals surface area contributed by atoms with Crippen LogP contribution in [-0.4, -0.2) is 101 Å². The van der Waals surface area contributed by atoms with E-state index in [4.69, 9.17) is 28.4 Å². The van der Waals surface area contributed by atoms with Crippen LogP contribution in [0.4, 0.5) is 0 Å². The standard InChI is InChI=1S/C21H25NO4.C18H21NO4.C16H17NO4.3ClH/c1-5-13-9-19-20(26-12-25-19)10-15(13)17-8-14-6-7-18(23-3)21(24-4)16(14)11-22(17)2;1-22-16-8-12-6-7-19(11-14(12)9-17(16)23-2)10-13-4-3-5-15(20)18(13)21;18-13-3-1-2-11(16(13)21)8-17-5-4-10-6-14(19)15(20)7-12(10)9-17;;;/h6-7,9-10,17H,5,8,11-12H2,1-4H3;3-5,8-9,20-21H,6-7,10-11H2,1-2H3;1-3,6-7,18-21H,4-5,8-9H2;3*1H. The molecule has 6 aromatic carbocycles. The number of likely N-dealkylation sites (N-methyl/N-ethyl adjacent to an activating group) is 1. The molecule has 0 aliphatic carbocycles. The molecule has 0 amide bonds. The van der Waals surface area contributed by atoms with E-state index in [2.05, 4.69) is 46.9 Å². The normalized spacial score (nSPS) is 15.4. The van der Waals surface area contributed by atoms with Gasteiger partial charge in [0.25, 0.3) is 0 Å². The molecule has 4 aliphatic heterocycles. The van der Waals surface area contributed by atoms with Crippen molar-refractivity contribution < 1.29 is 59.1 Å². The third-order valence-electron chi connectivity index (χ3n) is 13.6. The molecule has 6 aromatic rings. The lowest BCUT2D eigenvalue weighted by atomic mass is 9.87. The SMILES string of the molecule is CCc1cc2c(cc1C1Cc3ccc(OC)c(OC)c3CN1C)OCO2.COc1cc2c(cc1OC)CN(Cc1cccc(O)c1O)CC2.Cl.Cl.Cl.Oc1cc2c(cc1O)CN(Cc1cccc(O)c1O)CC2. The molecule has 1 unspecified atom stereocenters. The highest BCUT2D eigenvalue weighted by atomic mass is 35.5. The summed E-state index contributed by atoms with van der Waals surface area (Å²) in [6.45, 7) is 7.48. The quantitative estimate of drug-likeness (QED) is 0.0712. The highest BCUT2D eigenvalue weighted by Crippen LogP contribution is 2.45. The van der Waals surface area contributed by atoms with Crippen LogP contribution in [0.1, 0.15) is 68.6 Å². The molecular weight excluding hydrogens is 1000 g/mol. The van der Waals surface area contributed by atoms with Gasteiger partial charge in [-0.05, 0) is 126 Å². The number of phenols is 6. The van der Waals surface area contributed by atoms with E-state index in [1.165, 1.54) is 45.5 Å². The molecule has 10 rings (SSSR count). The lowest BCUT2D eigenvalue weighted by Crippen LogP contribution is -2.32. The van der Waals surface area contributed by atoms with Crippen molar-refractivity contribution in [2.75, 3.05) is 55.4 Å². The molecule has 4 aliphatic rings. The van der Waals surface area contributed by atoms with Crippen LogP contribution in [-0.2, 0) is 58.4 Å². The zero-order chi connectivity index (χ0) is 49.6. The predicted molar refractivity (Wildman–Crippen MR) is 286 cm³/mol. The Morgan fingerprint density at radius 2 is 1.04 bits per heavy atom. The molecule has 15 nitrogen and oxygen atoms in total. The van der Waals surface area contributed by atoms with Crippen LogP contribution < -0.4 is 28.4 Å². The predicted octanol–water partition coefficient (Wildman–Crippen LogP) is 9.73. The maximum atomic E-state index is 9.96. The van der Waals surface area contributed by atoms with Crippen molar-refractivity contribution in [2.45, 2.75) is 71.4 Å². The number of halogens is 3. The Balaban J connectivity index is 0.000000200. The van der Waals surface area contributed by atoms with E-state index < -0.39 is 0 Å². The van der Waals surface area contributed by atoms with Gasteiger partial charge in [0.2, 0.25) is 6.79 Å². The number of aromatic hydroxyl groups is 6. The first kappa shape index (κ1) is 57.6. The Morgan fingerprint density at radius 3 is 1.58 bits per heavy atom. The van der Waals surface area contributed by atoms with Gasteiger partial charge in [0.1, 0.15) is 0 Å². The van der Waals surface area contributed by atoms with Gasteiger partial charge in [0.15, 0.2) is 69.0 Å². The van der Waals surface area contributed by atoms with Crippen LogP contribution in [0, 0.1) is 0 Å². The van der Waals surface area contributed by atoms with Crippen molar-refractivity contribution in [3.05, 3.63) is 141 Å². The fourth-order valence-electron chi connectivity index (χ4n) is 9.83. The Morgan fingerprint density at radius 1 is 0.534 bits per heavy atom. The fraction of sp³-hybridized carbons (Fsp3) is 0.345. The summed E-state index contributed by atoms with van der Waals surface area (Å²) in [6, 6.07) is 26.0. The first-order valence-electron chi connectivity index (χ1n) is 23.4. The largest absolute Gasteiger partial charge is 0.504 e. The van der Waals surface area contributed by atoms with Crippen molar-refractivity contribution in [2.24, 2.45) is 0 Å². The van der Waals surface area contributed by atoms with Crippen molar-refractivity contribution in [1.29, 1.82) is 0 Å². The van der Waals surface area contributed by atoms with Crippen LogP contribution in [0.15, 0.2) is 84.9 Å². The first-order chi connectivity index (χ1) is 33.8. The van der Waals surface area contributed by atoms with Crippen molar-refractivity contribution in [3.8, 4) is 69.0 Å². The minimum atomic E-state index is -0.118. The van der Waals surface area contributed by atoms with Crippen LogP contribution >= 0.6 is 37.2 Å². The maximum absolute atomic E-state index is 9.96. The highest BCUT2D eigenvalue weighted by molar-refractivity contribution is 5.86. The maximum Gasteiger partial charge on any atom is 0.231 e. The fourth-order valence-corrected chi connectivity index (χ4v) is 9.83. The number of hydrogen-bond acceptors (Lipinski definition) is 15. The monoisotopic (exact) mass is 1070 g/mol. The van der Waals surface area contributed by atoms with Crippen LogP contribution in [0.25, 0.3) is 0 Å². The summed E-state index contributed by atoms with van der Waals surface area (Å²) in [5, 5.41) is 58.1. The van der Waals surface area contributed by atoms with E-state index in [9.17, 15) is 30.6 Å². The molecule has 6 N–H and O–H groups in total. The summed E-state index contributed by atoms with van der Waals surface area (Å²) < 4.78 is 33.0. The first-order valence-corrected chi connectivity index (χ1v) is 23.4. The van der Waals surface area contributed by atoms with Gasteiger partial charge in [0, 0.05) is 68.5 Å². The van der Waals surface area contributed by atoms with Gasteiger partial charge in [-0.25, -0.2) is 0 Å². The van der Waals surface area contributed by atoms with Gasteiger partial charge in [-0.1, -0.05) is 37.3 Å². The zero-order valence-electron chi connectivity index (χ0n) is 41.8. The van der Waals surface area contributed by atoms with Crippen LogP contribution in [0.2, 0.25) is 0 Å². The third kappa shape index (κ3) is 12.7. The topological polar surface area (TPSA) is 186 Å². The Kier molecular flexibility index (Phi) is 20.2. The van der Waals surface area contributed by atoms with Crippen LogP contribution in [0.3, 0.4) is 0 Å². The van der Waals surface area contributed by atoms with Crippen LogP contribution in [0.5, 0.6) is 69.0 Å². The van der Waals surface area contributed by atoms with Gasteiger partial charge in [0.05, 0.1) is 28.4 Å². The number of rotatable bonds is 10. The van der Waals surface area contributed by atoms with Crippen molar-refractivity contribution in [1.82, 2.24) is 14.7 Å². The minimum Gasteiger partial charge on any atom is -0.504 e. The molecule has 4 heterocycles. The summed E-state index contributed by atoms with van der Waals surface area (Å²) >= 11 is 0. The number of aryl methyl sites for hydroxylation is 1. The highest BCUT2D eigenvalue weighted by Gasteiger charge is 2.31. The summed E-state index contributed by atoms with van der Waals surface area (Å²) in [7, 11) is 8.83. The molecule has 73 heavy (non-hydrogen) atoms. The molecule has 0 spiro atoms. The number of hydrogen-bond donors (Lipinski definition) is 6. The smallest absolute Gasteiger partial charge is 0.231 e. The van der Waals surface area contributed by atoms with Crippen molar-refractivity contribution in [3.63, 3.8) is 0 Å². The van der Waals surface area contributed by atoms with E-state index in [-0.39, 0.29) is 71.7 Å². The number of phenolic OH excluding ortho intramolecular Hbond substituents is 6. The molecular formula is C55H66Cl3N3O12. The second-order valence-corrected chi connectivity index (χ2v) is 17.9.